The number of carbonyl (C=O) groups is 2. The molecular formula is C17H22N4O4. The molecule has 0 radical (unpaired) electrons. The van der Waals surface area contributed by atoms with Crippen molar-refractivity contribution in [1.82, 2.24) is 15.1 Å². The van der Waals surface area contributed by atoms with Crippen LogP contribution in [0.3, 0.4) is 0 Å². The van der Waals surface area contributed by atoms with E-state index in [2.05, 4.69) is 15.1 Å². The van der Waals surface area contributed by atoms with Crippen molar-refractivity contribution in [2.24, 2.45) is 0 Å². The molecule has 1 aliphatic heterocycles. The number of amides is 1. The third kappa shape index (κ3) is 3.67. The molecule has 0 bridgehead atoms. The fraction of sp³-hybridized carbons (Fsp3) is 0.471. The summed E-state index contributed by atoms with van der Waals surface area (Å²) in [5.74, 6) is -1.05. The molecule has 8 heteroatoms. The van der Waals surface area contributed by atoms with Crippen LogP contribution >= 0.6 is 0 Å². The van der Waals surface area contributed by atoms with Gasteiger partial charge in [-0.2, -0.15) is 5.10 Å². The van der Waals surface area contributed by atoms with Gasteiger partial charge in [-0.15, -0.1) is 0 Å². The minimum absolute atomic E-state index is 0.0243. The van der Waals surface area contributed by atoms with Crippen molar-refractivity contribution in [3.8, 4) is 0 Å². The molecule has 1 amide bonds. The number of hydrogen-bond donors (Lipinski definition) is 2. The van der Waals surface area contributed by atoms with Crippen LogP contribution in [0.15, 0.2) is 18.2 Å². The first-order valence-electron chi connectivity index (χ1n) is 8.19. The molecule has 134 valence electrons. The molecule has 3 rings (SSSR count). The number of fused-ring (bicyclic) bond motifs is 1. The van der Waals surface area contributed by atoms with Crippen molar-refractivity contribution in [1.29, 1.82) is 0 Å². The van der Waals surface area contributed by atoms with Gasteiger partial charge in [0.1, 0.15) is 5.60 Å². The SMILES string of the molecule is CC(C)(C)OC(=O)N1CCN(c2ccc3c(C(=O)O)n[nH]c3c2)CC1. The summed E-state index contributed by atoms with van der Waals surface area (Å²) in [5, 5.41) is 16.3. The van der Waals surface area contributed by atoms with Crippen LogP contribution in [0.1, 0.15) is 31.3 Å². The number of nitrogens with zero attached hydrogens (tertiary/aromatic N) is 3. The van der Waals surface area contributed by atoms with Gasteiger partial charge in [0, 0.05) is 37.3 Å². The molecule has 1 aromatic heterocycles. The number of anilines is 1. The minimum atomic E-state index is -1.05. The van der Waals surface area contributed by atoms with E-state index in [-0.39, 0.29) is 11.8 Å². The minimum Gasteiger partial charge on any atom is -0.476 e. The highest BCUT2D eigenvalue weighted by Gasteiger charge is 2.26. The van der Waals surface area contributed by atoms with E-state index in [0.717, 1.165) is 5.69 Å². The Hall–Kier alpha value is -2.77. The first kappa shape index (κ1) is 17.1. The van der Waals surface area contributed by atoms with E-state index in [1.165, 1.54) is 0 Å². The molecule has 1 fully saturated rings. The molecule has 0 unspecified atom stereocenters. The van der Waals surface area contributed by atoms with Crippen LogP contribution in [0, 0.1) is 0 Å². The average Bonchev–Trinajstić information content (AvgIpc) is 2.96. The van der Waals surface area contributed by atoms with Crippen LogP contribution in [0.2, 0.25) is 0 Å². The third-order valence-corrected chi connectivity index (χ3v) is 4.05. The van der Waals surface area contributed by atoms with E-state index in [4.69, 9.17) is 9.84 Å². The van der Waals surface area contributed by atoms with Gasteiger partial charge in [0.2, 0.25) is 0 Å². The smallest absolute Gasteiger partial charge is 0.410 e. The van der Waals surface area contributed by atoms with Crippen LogP contribution < -0.4 is 4.90 Å². The van der Waals surface area contributed by atoms with Gasteiger partial charge in [0.15, 0.2) is 5.69 Å². The maximum Gasteiger partial charge on any atom is 0.410 e. The summed E-state index contributed by atoms with van der Waals surface area (Å²) in [6, 6.07) is 5.53. The van der Waals surface area contributed by atoms with Gasteiger partial charge in [0.25, 0.3) is 0 Å². The number of rotatable bonds is 2. The number of ether oxygens (including phenoxy) is 1. The number of piperazine rings is 1. The van der Waals surface area contributed by atoms with Crippen LogP contribution in [0.5, 0.6) is 0 Å². The fourth-order valence-electron chi connectivity index (χ4n) is 2.84. The Kier molecular flexibility index (Phi) is 4.28. The number of nitrogens with one attached hydrogen (secondary N) is 1. The Morgan fingerprint density at radius 3 is 2.48 bits per heavy atom. The summed E-state index contributed by atoms with van der Waals surface area (Å²) in [4.78, 5) is 27.1. The van der Waals surface area contributed by atoms with E-state index in [1.54, 1.807) is 11.0 Å². The number of aromatic carboxylic acids is 1. The standard InChI is InChI=1S/C17H22N4O4/c1-17(2,3)25-16(24)21-8-6-20(7-9-21)11-4-5-12-13(10-11)18-19-14(12)15(22)23/h4-5,10H,6-9H2,1-3H3,(H,18,19)(H,22,23). The lowest BCUT2D eigenvalue weighted by molar-refractivity contribution is 0.0240. The first-order chi connectivity index (χ1) is 11.7. The third-order valence-electron chi connectivity index (χ3n) is 4.05. The summed E-state index contributed by atoms with van der Waals surface area (Å²) in [6.45, 7) is 8.09. The normalized spacial score (nSPS) is 15.5. The van der Waals surface area contributed by atoms with Crippen molar-refractivity contribution >= 4 is 28.7 Å². The molecule has 1 aliphatic rings. The van der Waals surface area contributed by atoms with Gasteiger partial charge in [0.05, 0.1) is 5.52 Å². The van der Waals surface area contributed by atoms with Gasteiger partial charge >= 0.3 is 12.1 Å². The lowest BCUT2D eigenvalue weighted by Gasteiger charge is -2.36. The Morgan fingerprint density at radius 1 is 1.20 bits per heavy atom. The monoisotopic (exact) mass is 346 g/mol. The topological polar surface area (TPSA) is 98.8 Å². The number of aromatic amines is 1. The second kappa shape index (κ2) is 6.27. The number of carboxylic acids is 1. The van der Waals surface area contributed by atoms with Crippen LogP contribution in [-0.4, -0.2) is 64.0 Å². The molecule has 2 N–H and O–H groups in total. The van der Waals surface area contributed by atoms with Gasteiger partial charge in [-0.25, -0.2) is 9.59 Å². The van der Waals surface area contributed by atoms with Gasteiger partial charge < -0.3 is 19.6 Å². The molecule has 2 heterocycles. The Balaban J connectivity index is 1.68. The number of hydrogen-bond acceptors (Lipinski definition) is 5. The predicted octanol–water partition coefficient (Wildman–Crippen LogP) is 2.32. The highest BCUT2D eigenvalue weighted by molar-refractivity contribution is 6.01. The number of H-pyrrole nitrogens is 1. The van der Waals surface area contributed by atoms with E-state index in [1.807, 2.05) is 32.9 Å². The highest BCUT2D eigenvalue weighted by Crippen LogP contribution is 2.24. The number of benzene rings is 1. The van der Waals surface area contributed by atoms with Crippen LogP contribution in [0.4, 0.5) is 10.5 Å². The zero-order valence-corrected chi connectivity index (χ0v) is 14.6. The fourth-order valence-corrected chi connectivity index (χ4v) is 2.84. The summed E-state index contributed by atoms with van der Waals surface area (Å²) < 4.78 is 5.40. The lowest BCUT2D eigenvalue weighted by atomic mass is 10.1. The van der Waals surface area contributed by atoms with E-state index in [9.17, 15) is 9.59 Å². The number of carboxylic acid groups (broad SMARTS) is 1. The molecule has 2 aromatic rings. The van der Waals surface area contributed by atoms with Gasteiger partial charge in [-0.3, -0.25) is 5.10 Å². The van der Waals surface area contributed by atoms with Crippen molar-refractivity contribution in [3.63, 3.8) is 0 Å². The second-order valence-corrected chi connectivity index (χ2v) is 7.06. The van der Waals surface area contributed by atoms with Crippen molar-refractivity contribution in [2.75, 3.05) is 31.1 Å². The van der Waals surface area contributed by atoms with Crippen molar-refractivity contribution in [3.05, 3.63) is 23.9 Å². The second-order valence-electron chi connectivity index (χ2n) is 7.06. The molecule has 0 aliphatic carbocycles. The lowest BCUT2D eigenvalue weighted by Crippen LogP contribution is -2.50. The molecule has 0 spiro atoms. The molecule has 8 nitrogen and oxygen atoms in total. The maximum absolute atomic E-state index is 12.1. The zero-order chi connectivity index (χ0) is 18.2. The summed E-state index contributed by atoms with van der Waals surface area (Å²) >= 11 is 0. The molecule has 1 saturated heterocycles. The maximum atomic E-state index is 12.1. The number of carbonyl (C=O) groups excluding carboxylic acids is 1. The molecular weight excluding hydrogens is 324 g/mol. The molecule has 0 atom stereocenters. The summed E-state index contributed by atoms with van der Waals surface area (Å²) in [6.07, 6.45) is -0.290. The highest BCUT2D eigenvalue weighted by atomic mass is 16.6. The Bertz CT molecular complexity index is 801. The first-order valence-corrected chi connectivity index (χ1v) is 8.19. The molecule has 0 saturated carbocycles. The zero-order valence-electron chi connectivity index (χ0n) is 14.6. The average molecular weight is 346 g/mol. The Morgan fingerprint density at radius 2 is 1.88 bits per heavy atom. The van der Waals surface area contributed by atoms with Gasteiger partial charge in [-0.05, 0) is 39.0 Å². The molecule has 1 aromatic carbocycles. The summed E-state index contributed by atoms with van der Waals surface area (Å²) in [7, 11) is 0. The van der Waals surface area contributed by atoms with Crippen LogP contribution in [-0.2, 0) is 4.74 Å². The quantitative estimate of drug-likeness (QED) is 0.866. The molecule has 25 heavy (non-hydrogen) atoms. The van der Waals surface area contributed by atoms with E-state index >= 15 is 0 Å². The number of aromatic nitrogens is 2. The Labute approximate surface area is 145 Å². The van der Waals surface area contributed by atoms with Gasteiger partial charge in [-0.1, -0.05) is 0 Å². The van der Waals surface area contributed by atoms with Crippen molar-refractivity contribution in [2.45, 2.75) is 26.4 Å². The summed E-state index contributed by atoms with van der Waals surface area (Å²) in [5.41, 5.74) is 1.18. The van der Waals surface area contributed by atoms with Crippen molar-refractivity contribution < 1.29 is 19.4 Å². The van der Waals surface area contributed by atoms with Crippen LogP contribution in [0.25, 0.3) is 10.9 Å². The van der Waals surface area contributed by atoms with E-state index in [0.29, 0.717) is 37.1 Å². The predicted molar refractivity (Wildman–Crippen MR) is 93.1 cm³/mol. The largest absolute Gasteiger partial charge is 0.476 e. The van der Waals surface area contributed by atoms with E-state index < -0.39 is 11.6 Å².